The lowest BCUT2D eigenvalue weighted by atomic mass is 10.2. The molecule has 0 aliphatic rings. The van der Waals surface area contributed by atoms with E-state index in [2.05, 4.69) is 20.8 Å². The molecule has 0 spiro atoms. The normalized spacial score (nSPS) is 10.1. The summed E-state index contributed by atoms with van der Waals surface area (Å²) in [7, 11) is 0. The lowest BCUT2D eigenvalue weighted by Gasteiger charge is -2.05. The van der Waals surface area contributed by atoms with E-state index in [-0.39, 0.29) is 18.4 Å². The third kappa shape index (κ3) is 3.23. The number of aryl methyl sites for hydroxylation is 1. The largest absolute Gasteiger partial charge is 0.343 e. The van der Waals surface area contributed by atoms with E-state index in [1.54, 1.807) is 24.3 Å². The van der Waals surface area contributed by atoms with Crippen LogP contribution < -0.4 is 10.6 Å². The van der Waals surface area contributed by atoms with Crippen molar-refractivity contribution in [1.29, 1.82) is 0 Å². The molecule has 6 heteroatoms. The second-order valence-electron chi connectivity index (χ2n) is 4.42. The maximum absolute atomic E-state index is 11.8. The minimum atomic E-state index is -0.316. The fourth-order valence-corrected chi connectivity index (χ4v) is 1.64. The summed E-state index contributed by atoms with van der Waals surface area (Å²) in [5.41, 5.74) is 2.30. The summed E-state index contributed by atoms with van der Waals surface area (Å²) in [4.78, 5) is 23.5. The second kappa shape index (κ2) is 6.01. The first-order valence-corrected chi connectivity index (χ1v) is 6.22. The first-order valence-electron chi connectivity index (χ1n) is 6.22. The van der Waals surface area contributed by atoms with Crippen molar-refractivity contribution in [1.82, 2.24) is 15.5 Å². The van der Waals surface area contributed by atoms with E-state index in [1.165, 1.54) is 0 Å². The molecule has 1 aromatic heterocycles. The van der Waals surface area contributed by atoms with Crippen LogP contribution in [-0.2, 0) is 4.79 Å². The Morgan fingerprint density at radius 1 is 1.20 bits per heavy atom. The summed E-state index contributed by atoms with van der Waals surface area (Å²) < 4.78 is 0. The van der Waals surface area contributed by atoms with Crippen LogP contribution in [0, 0.1) is 13.8 Å². The molecule has 0 saturated carbocycles. The number of H-pyrrole nitrogens is 1. The molecular formula is C14H16N4O2. The number of nitrogens with one attached hydrogen (secondary N) is 3. The van der Waals surface area contributed by atoms with E-state index in [0.29, 0.717) is 11.4 Å². The summed E-state index contributed by atoms with van der Waals surface area (Å²) in [5, 5.41) is 11.9. The maximum Gasteiger partial charge on any atom is 0.251 e. The van der Waals surface area contributed by atoms with E-state index in [1.807, 2.05) is 19.9 Å². The van der Waals surface area contributed by atoms with Gasteiger partial charge in [-0.15, -0.1) is 0 Å². The van der Waals surface area contributed by atoms with Gasteiger partial charge in [0, 0.05) is 16.8 Å². The van der Waals surface area contributed by atoms with Crippen molar-refractivity contribution in [3.05, 3.63) is 47.2 Å². The number of benzene rings is 1. The third-order valence-corrected chi connectivity index (χ3v) is 2.96. The molecule has 0 unspecified atom stereocenters. The van der Waals surface area contributed by atoms with Crippen LogP contribution in [0.15, 0.2) is 30.3 Å². The zero-order valence-corrected chi connectivity index (χ0v) is 11.4. The summed E-state index contributed by atoms with van der Waals surface area (Å²) in [5.74, 6) is -0.110. The predicted molar refractivity (Wildman–Crippen MR) is 75.5 cm³/mol. The number of nitrogens with zero attached hydrogens (tertiary/aromatic N) is 1. The highest BCUT2D eigenvalue weighted by molar-refractivity contribution is 5.99. The number of rotatable bonds is 4. The maximum atomic E-state index is 11.8. The van der Waals surface area contributed by atoms with Crippen LogP contribution in [0.25, 0.3) is 0 Å². The van der Waals surface area contributed by atoms with Gasteiger partial charge in [-0.3, -0.25) is 14.7 Å². The van der Waals surface area contributed by atoms with Crippen LogP contribution in [0.3, 0.4) is 0 Å². The van der Waals surface area contributed by atoms with Gasteiger partial charge in [0.05, 0.1) is 6.54 Å². The lowest BCUT2D eigenvalue weighted by Crippen LogP contribution is -2.33. The van der Waals surface area contributed by atoms with Gasteiger partial charge in [0.1, 0.15) is 0 Å². The van der Waals surface area contributed by atoms with Crippen molar-refractivity contribution < 1.29 is 9.59 Å². The molecule has 0 fully saturated rings. The molecule has 0 saturated heterocycles. The van der Waals surface area contributed by atoms with Gasteiger partial charge < -0.3 is 10.6 Å². The van der Waals surface area contributed by atoms with Crippen LogP contribution in [-0.4, -0.2) is 28.6 Å². The van der Waals surface area contributed by atoms with E-state index in [4.69, 9.17) is 0 Å². The Morgan fingerprint density at radius 3 is 2.50 bits per heavy atom. The molecule has 1 heterocycles. The zero-order valence-electron chi connectivity index (χ0n) is 11.4. The number of aromatic nitrogens is 2. The van der Waals surface area contributed by atoms with Gasteiger partial charge in [0.2, 0.25) is 5.91 Å². The van der Waals surface area contributed by atoms with Gasteiger partial charge in [-0.25, -0.2) is 0 Å². The molecule has 0 aliphatic heterocycles. The molecule has 2 aromatic rings. The van der Waals surface area contributed by atoms with Crippen molar-refractivity contribution in [2.45, 2.75) is 13.8 Å². The van der Waals surface area contributed by atoms with Crippen LogP contribution in [0.5, 0.6) is 0 Å². The quantitative estimate of drug-likeness (QED) is 0.786. The van der Waals surface area contributed by atoms with Gasteiger partial charge >= 0.3 is 0 Å². The Bertz CT molecular complexity index is 619. The number of anilines is 1. The van der Waals surface area contributed by atoms with Gasteiger partial charge in [0.15, 0.2) is 5.82 Å². The molecule has 0 aliphatic carbocycles. The number of hydrogen-bond donors (Lipinski definition) is 3. The van der Waals surface area contributed by atoms with Crippen LogP contribution in [0.1, 0.15) is 21.6 Å². The fraction of sp³-hybridized carbons (Fsp3) is 0.214. The zero-order chi connectivity index (χ0) is 14.5. The van der Waals surface area contributed by atoms with Crippen LogP contribution in [0.4, 0.5) is 5.82 Å². The van der Waals surface area contributed by atoms with Crippen molar-refractivity contribution >= 4 is 17.6 Å². The average Bonchev–Trinajstić information content (AvgIpc) is 2.78. The summed E-state index contributed by atoms with van der Waals surface area (Å²) in [6.07, 6.45) is 0. The standard InChI is InChI=1S/C14H16N4O2/c1-9-10(2)17-18-13(9)16-12(19)8-15-14(20)11-6-4-3-5-7-11/h3-7H,8H2,1-2H3,(H,15,20)(H2,16,17,18,19). The Morgan fingerprint density at radius 2 is 1.90 bits per heavy atom. The Labute approximate surface area is 116 Å². The smallest absolute Gasteiger partial charge is 0.251 e. The molecule has 6 nitrogen and oxygen atoms in total. The highest BCUT2D eigenvalue weighted by Crippen LogP contribution is 2.13. The van der Waals surface area contributed by atoms with Crippen LogP contribution in [0.2, 0.25) is 0 Å². The topological polar surface area (TPSA) is 86.9 Å². The Balaban J connectivity index is 1.87. The number of amides is 2. The summed E-state index contributed by atoms with van der Waals surface area (Å²) >= 11 is 0. The molecular weight excluding hydrogens is 256 g/mol. The predicted octanol–water partition coefficient (Wildman–Crippen LogP) is 1.40. The molecule has 0 radical (unpaired) electrons. The lowest BCUT2D eigenvalue weighted by molar-refractivity contribution is -0.115. The summed E-state index contributed by atoms with van der Waals surface area (Å²) in [6.45, 7) is 3.63. The van der Waals surface area contributed by atoms with Gasteiger partial charge in [-0.05, 0) is 26.0 Å². The highest BCUT2D eigenvalue weighted by atomic mass is 16.2. The van der Waals surface area contributed by atoms with Crippen molar-refractivity contribution in [2.24, 2.45) is 0 Å². The van der Waals surface area contributed by atoms with Gasteiger partial charge in [-0.1, -0.05) is 18.2 Å². The monoisotopic (exact) mass is 272 g/mol. The van der Waals surface area contributed by atoms with Crippen molar-refractivity contribution in [3.8, 4) is 0 Å². The average molecular weight is 272 g/mol. The molecule has 1 aromatic carbocycles. The first-order chi connectivity index (χ1) is 9.58. The van der Waals surface area contributed by atoms with Crippen LogP contribution >= 0.6 is 0 Å². The number of aromatic amines is 1. The molecule has 104 valence electrons. The van der Waals surface area contributed by atoms with Gasteiger partial charge in [0.25, 0.3) is 5.91 Å². The molecule has 2 amide bonds. The highest BCUT2D eigenvalue weighted by Gasteiger charge is 2.11. The molecule has 3 N–H and O–H groups in total. The van der Waals surface area contributed by atoms with E-state index >= 15 is 0 Å². The Kier molecular flexibility index (Phi) is 4.14. The number of carbonyl (C=O) groups is 2. The number of hydrogen-bond acceptors (Lipinski definition) is 3. The molecule has 0 atom stereocenters. The van der Waals surface area contributed by atoms with E-state index < -0.39 is 0 Å². The first kappa shape index (κ1) is 13.8. The third-order valence-electron chi connectivity index (χ3n) is 2.96. The van der Waals surface area contributed by atoms with Crippen molar-refractivity contribution in [3.63, 3.8) is 0 Å². The van der Waals surface area contributed by atoms with Crippen molar-refractivity contribution in [2.75, 3.05) is 11.9 Å². The minimum Gasteiger partial charge on any atom is -0.343 e. The Hall–Kier alpha value is -2.63. The fourth-order valence-electron chi connectivity index (χ4n) is 1.64. The molecule has 0 bridgehead atoms. The van der Waals surface area contributed by atoms with E-state index in [0.717, 1.165) is 11.3 Å². The summed E-state index contributed by atoms with van der Waals surface area (Å²) in [6, 6.07) is 8.74. The second-order valence-corrected chi connectivity index (χ2v) is 4.42. The molecule has 20 heavy (non-hydrogen) atoms. The molecule has 2 rings (SSSR count). The van der Waals surface area contributed by atoms with E-state index in [9.17, 15) is 9.59 Å². The van der Waals surface area contributed by atoms with Gasteiger partial charge in [-0.2, -0.15) is 5.10 Å². The minimum absolute atomic E-state index is 0.0981. The number of carbonyl (C=O) groups excluding carboxylic acids is 2. The SMILES string of the molecule is Cc1[nH]nc(NC(=O)CNC(=O)c2ccccc2)c1C.